The molecule has 0 aliphatic carbocycles. The van der Waals surface area contributed by atoms with Gasteiger partial charge in [0.25, 0.3) is 0 Å². The summed E-state index contributed by atoms with van der Waals surface area (Å²) in [6, 6.07) is 0. The van der Waals surface area contributed by atoms with Crippen LogP contribution in [0.2, 0.25) is 0 Å². The average Bonchev–Trinajstić information content (AvgIpc) is 3.06. The van der Waals surface area contributed by atoms with E-state index in [0.717, 1.165) is 6.42 Å². The molecule has 3 rings (SSSR count). The lowest BCUT2D eigenvalue weighted by Crippen LogP contribution is -2.51. The van der Waals surface area contributed by atoms with Crippen LogP contribution < -0.4 is 0 Å². The van der Waals surface area contributed by atoms with Crippen molar-refractivity contribution in [2.24, 2.45) is 5.92 Å². The smallest absolute Gasteiger partial charge is 0.233 e. The Kier molecular flexibility index (Phi) is 3.98. The molecule has 1 unspecified atom stereocenters. The van der Waals surface area contributed by atoms with Gasteiger partial charge in [-0.15, -0.1) is 0 Å². The zero-order valence-corrected chi connectivity index (χ0v) is 11.6. The number of nitrogens with zero attached hydrogens (tertiary/aromatic N) is 3. The Hall–Kier alpha value is -1.47. The molecule has 3 heterocycles. The Bertz CT molecular complexity index is 464. The van der Waals surface area contributed by atoms with Gasteiger partial charge in [-0.3, -0.25) is 4.79 Å². The van der Waals surface area contributed by atoms with Crippen molar-refractivity contribution in [2.75, 3.05) is 40.0 Å². The van der Waals surface area contributed by atoms with E-state index >= 15 is 0 Å². The topological polar surface area (TPSA) is 77.7 Å². The molecule has 0 N–H and O–H groups in total. The number of carbonyl (C=O) groups excluding carboxylic acids is 1. The third-order valence-corrected chi connectivity index (χ3v) is 3.83. The number of aromatic nitrogens is 2. The molecule has 1 aromatic heterocycles. The van der Waals surface area contributed by atoms with E-state index in [-0.39, 0.29) is 17.7 Å². The van der Waals surface area contributed by atoms with Gasteiger partial charge in [-0.2, -0.15) is 4.98 Å². The van der Waals surface area contributed by atoms with Crippen molar-refractivity contribution >= 4 is 5.91 Å². The second-order valence-electron chi connectivity index (χ2n) is 5.29. The number of hydrogen-bond acceptors (Lipinski definition) is 6. The zero-order chi connectivity index (χ0) is 13.9. The van der Waals surface area contributed by atoms with Crippen LogP contribution in [0, 0.1) is 5.92 Å². The number of likely N-dealkylation sites (tertiary alicyclic amines) is 1. The van der Waals surface area contributed by atoms with E-state index < -0.39 is 0 Å². The van der Waals surface area contributed by atoms with E-state index in [1.54, 1.807) is 7.11 Å². The summed E-state index contributed by atoms with van der Waals surface area (Å²) >= 11 is 0. The van der Waals surface area contributed by atoms with Crippen molar-refractivity contribution in [1.29, 1.82) is 0 Å². The highest BCUT2D eigenvalue weighted by Crippen LogP contribution is 2.28. The lowest BCUT2D eigenvalue weighted by Gasteiger charge is -2.38. The molecule has 2 aliphatic heterocycles. The Morgan fingerprint density at radius 2 is 2.35 bits per heavy atom. The van der Waals surface area contributed by atoms with Gasteiger partial charge in [0, 0.05) is 33.2 Å². The van der Waals surface area contributed by atoms with Gasteiger partial charge in [0.05, 0.1) is 25.0 Å². The molecule has 0 saturated carbocycles. The van der Waals surface area contributed by atoms with Crippen LogP contribution >= 0.6 is 0 Å². The Morgan fingerprint density at radius 3 is 3.05 bits per heavy atom. The molecule has 1 aromatic rings. The predicted molar refractivity (Wildman–Crippen MR) is 68.1 cm³/mol. The fourth-order valence-electron chi connectivity index (χ4n) is 2.53. The first-order valence-corrected chi connectivity index (χ1v) is 6.96. The van der Waals surface area contributed by atoms with Crippen LogP contribution in [-0.4, -0.2) is 61.0 Å². The van der Waals surface area contributed by atoms with E-state index in [2.05, 4.69) is 10.1 Å². The average molecular weight is 281 g/mol. The first-order valence-electron chi connectivity index (χ1n) is 6.96. The van der Waals surface area contributed by atoms with Crippen molar-refractivity contribution in [3.05, 3.63) is 11.7 Å². The van der Waals surface area contributed by atoms with Gasteiger partial charge in [-0.25, -0.2) is 0 Å². The van der Waals surface area contributed by atoms with E-state index in [1.807, 2.05) is 4.90 Å². The van der Waals surface area contributed by atoms with Gasteiger partial charge >= 0.3 is 0 Å². The molecule has 0 bridgehead atoms. The first-order chi connectivity index (χ1) is 9.78. The van der Waals surface area contributed by atoms with Gasteiger partial charge in [-0.05, 0) is 6.42 Å². The third-order valence-electron chi connectivity index (χ3n) is 3.83. The SMILES string of the molecule is COCCc1noc(C2CN(C(=O)C3CCOC3)C2)n1. The van der Waals surface area contributed by atoms with Crippen LogP contribution in [0.25, 0.3) is 0 Å². The monoisotopic (exact) mass is 281 g/mol. The molecule has 20 heavy (non-hydrogen) atoms. The lowest BCUT2D eigenvalue weighted by molar-refractivity contribution is -0.140. The summed E-state index contributed by atoms with van der Waals surface area (Å²) in [6.45, 7) is 3.17. The number of carbonyl (C=O) groups is 1. The van der Waals surface area contributed by atoms with Crippen LogP contribution in [0.15, 0.2) is 4.52 Å². The van der Waals surface area contributed by atoms with Crippen molar-refractivity contribution in [1.82, 2.24) is 15.0 Å². The van der Waals surface area contributed by atoms with E-state index in [0.29, 0.717) is 51.0 Å². The van der Waals surface area contributed by atoms with Gasteiger partial charge in [0.1, 0.15) is 0 Å². The van der Waals surface area contributed by atoms with Crippen LogP contribution in [0.1, 0.15) is 24.1 Å². The fourth-order valence-corrected chi connectivity index (χ4v) is 2.53. The minimum Gasteiger partial charge on any atom is -0.384 e. The maximum atomic E-state index is 12.1. The number of methoxy groups -OCH3 is 1. The molecule has 7 nitrogen and oxygen atoms in total. The number of rotatable bonds is 5. The van der Waals surface area contributed by atoms with Crippen molar-refractivity contribution in [3.8, 4) is 0 Å². The van der Waals surface area contributed by atoms with Crippen LogP contribution in [0.5, 0.6) is 0 Å². The molecule has 1 amide bonds. The standard InChI is InChI=1S/C13H19N3O4/c1-18-4-3-11-14-12(20-15-11)10-6-16(7-10)13(17)9-2-5-19-8-9/h9-10H,2-8H2,1H3. The molecule has 2 aliphatic rings. The number of hydrogen-bond donors (Lipinski definition) is 0. The normalized spacial score (nSPS) is 23.1. The van der Waals surface area contributed by atoms with Crippen LogP contribution in [-0.2, 0) is 20.7 Å². The van der Waals surface area contributed by atoms with Gasteiger partial charge in [0.15, 0.2) is 5.82 Å². The van der Waals surface area contributed by atoms with E-state index in [9.17, 15) is 4.79 Å². The highest BCUT2D eigenvalue weighted by molar-refractivity contribution is 5.80. The van der Waals surface area contributed by atoms with E-state index in [1.165, 1.54) is 0 Å². The van der Waals surface area contributed by atoms with Gasteiger partial charge in [-0.1, -0.05) is 5.16 Å². The Labute approximate surface area is 117 Å². The zero-order valence-electron chi connectivity index (χ0n) is 11.6. The molecule has 7 heteroatoms. The fraction of sp³-hybridized carbons (Fsp3) is 0.769. The first kappa shape index (κ1) is 13.5. The molecular formula is C13H19N3O4. The summed E-state index contributed by atoms with van der Waals surface area (Å²) in [4.78, 5) is 18.3. The summed E-state index contributed by atoms with van der Waals surface area (Å²) in [5.41, 5.74) is 0. The summed E-state index contributed by atoms with van der Waals surface area (Å²) in [6.07, 6.45) is 1.48. The van der Waals surface area contributed by atoms with Crippen molar-refractivity contribution < 1.29 is 18.8 Å². The molecular weight excluding hydrogens is 262 g/mol. The highest BCUT2D eigenvalue weighted by Gasteiger charge is 2.39. The lowest BCUT2D eigenvalue weighted by atomic mass is 9.97. The largest absolute Gasteiger partial charge is 0.384 e. The Balaban J connectivity index is 1.49. The summed E-state index contributed by atoms with van der Waals surface area (Å²) in [5, 5.41) is 3.91. The van der Waals surface area contributed by atoms with Crippen LogP contribution in [0.3, 0.4) is 0 Å². The predicted octanol–water partition coefficient (Wildman–Crippen LogP) is 0.221. The van der Waals surface area contributed by atoms with Gasteiger partial charge < -0.3 is 18.9 Å². The second kappa shape index (κ2) is 5.88. The molecule has 0 spiro atoms. The minimum absolute atomic E-state index is 0.0379. The Morgan fingerprint density at radius 1 is 1.50 bits per heavy atom. The summed E-state index contributed by atoms with van der Waals surface area (Å²) in [7, 11) is 1.64. The maximum absolute atomic E-state index is 12.1. The number of amides is 1. The molecule has 2 fully saturated rings. The van der Waals surface area contributed by atoms with E-state index in [4.69, 9.17) is 14.0 Å². The summed E-state index contributed by atoms with van der Waals surface area (Å²) in [5.74, 6) is 1.69. The van der Waals surface area contributed by atoms with Crippen LogP contribution in [0.4, 0.5) is 0 Å². The molecule has 0 aromatic carbocycles. The van der Waals surface area contributed by atoms with Gasteiger partial charge in [0.2, 0.25) is 11.8 Å². The second-order valence-corrected chi connectivity index (χ2v) is 5.29. The molecule has 2 saturated heterocycles. The minimum atomic E-state index is 0.0379. The molecule has 110 valence electrons. The summed E-state index contributed by atoms with van der Waals surface area (Å²) < 4.78 is 15.5. The maximum Gasteiger partial charge on any atom is 0.233 e. The highest BCUT2D eigenvalue weighted by atomic mass is 16.5. The number of ether oxygens (including phenoxy) is 2. The van der Waals surface area contributed by atoms with Crippen molar-refractivity contribution in [2.45, 2.75) is 18.8 Å². The molecule has 1 atom stereocenters. The van der Waals surface area contributed by atoms with Crippen molar-refractivity contribution in [3.63, 3.8) is 0 Å². The molecule has 0 radical (unpaired) electrons. The quantitative estimate of drug-likeness (QED) is 0.768. The third kappa shape index (κ3) is 2.69.